The number of carboxylic acid groups (broad SMARTS) is 1. The van der Waals surface area contributed by atoms with Crippen LogP contribution in [0.25, 0.3) is 0 Å². The summed E-state index contributed by atoms with van der Waals surface area (Å²) in [6.07, 6.45) is 0. The van der Waals surface area contributed by atoms with E-state index in [0.717, 1.165) is 10.2 Å². The number of hydrogen-bond donors (Lipinski definition) is 2. The molecule has 0 radical (unpaired) electrons. The van der Waals surface area contributed by atoms with Gasteiger partial charge in [-0.25, -0.2) is 4.79 Å². The normalized spacial score (nSPS) is 17.3. The summed E-state index contributed by atoms with van der Waals surface area (Å²) in [6.45, 7) is 3.86. The van der Waals surface area contributed by atoms with Gasteiger partial charge in [0, 0.05) is 36.3 Å². The third kappa shape index (κ3) is 4.18. The summed E-state index contributed by atoms with van der Waals surface area (Å²) < 4.78 is 0.955. The lowest BCUT2D eigenvalue weighted by molar-refractivity contribution is -0.143. The Bertz CT molecular complexity index is 513. The van der Waals surface area contributed by atoms with Crippen LogP contribution in [0.4, 0.5) is 10.5 Å². The summed E-state index contributed by atoms with van der Waals surface area (Å²) >= 11 is 3.34. The highest BCUT2D eigenvalue weighted by Crippen LogP contribution is 2.15. The number of carbonyl (C=O) groups is 2. The van der Waals surface area contributed by atoms with Gasteiger partial charge in [0.25, 0.3) is 0 Å². The molecule has 0 saturated carbocycles. The summed E-state index contributed by atoms with van der Waals surface area (Å²) in [5, 5.41) is 11.8. The van der Waals surface area contributed by atoms with Crippen molar-refractivity contribution in [2.45, 2.75) is 13.0 Å². The van der Waals surface area contributed by atoms with E-state index in [0.29, 0.717) is 26.2 Å². The van der Waals surface area contributed by atoms with Crippen LogP contribution >= 0.6 is 15.9 Å². The Morgan fingerprint density at radius 2 is 1.76 bits per heavy atom. The predicted molar refractivity (Wildman–Crippen MR) is 83.4 cm³/mol. The number of urea groups is 1. The zero-order chi connectivity index (χ0) is 15.4. The molecule has 1 saturated heterocycles. The van der Waals surface area contributed by atoms with E-state index in [4.69, 9.17) is 5.11 Å². The Balaban J connectivity index is 1.85. The predicted octanol–water partition coefficient (Wildman–Crippen LogP) is 2.07. The highest BCUT2D eigenvalue weighted by atomic mass is 79.9. The Morgan fingerprint density at radius 1 is 1.19 bits per heavy atom. The second kappa shape index (κ2) is 6.91. The molecule has 0 aromatic heterocycles. The molecule has 1 aromatic rings. The molecule has 1 atom stereocenters. The van der Waals surface area contributed by atoms with E-state index in [1.54, 1.807) is 11.8 Å². The molecule has 0 spiro atoms. The van der Waals surface area contributed by atoms with Gasteiger partial charge in [0.1, 0.15) is 6.04 Å². The van der Waals surface area contributed by atoms with Gasteiger partial charge in [0.05, 0.1) is 0 Å². The number of nitrogens with zero attached hydrogens (tertiary/aromatic N) is 2. The Hall–Kier alpha value is -1.60. The molecule has 2 amide bonds. The lowest BCUT2D eigenvalue weighted by atomic mass is 10.2. The molecule has 2 N–H and O–H groups in total. The van der Waals surface area contributed by atoms with Crippen molar-refractivity contribution in [3.63, 3.8) is 0 Å². The van der Waals surface area contributed by atoms with Crippen molar-refractivity contribution in [3.05, 3.63) is 28.7 Å². The molecule has 0 bridgehead atoms. The molecule has 1 unspecified atom stereocenters. The minimum atomic E-state index is -0.831. The quantitative estimate of drug-likeness (QED) is 0.870. The lowest BCUT2D eigenvalue weighted by Crippen LogP contribution is -2.53. The summed E-state index contributed by atoms with van der Waals surface area (Å²) in [5.74, 6) is -0.831. The summed E-state index contributed by atoms with van der Waals surface area (Å²) in [7, 11) is 0. The smallest absolute Gasteiger partial charge is 0.321 e. The van der Waals surface area contributed by atoms with E-state index in [-0.39, 0.29) is 6.03 Å². The van der Waals surface area contributed by atoms with Gasteiger partial charge in [0.15, 0.2) is 0 Å². The van der Waals surface area contributed by atoms with Crippen molar-refractivity contribution in [1.82, 2.24) is 9.80 Å². The second-order valence-corrected chi connectivity index (χ2v) is 5.89. The summed E-state index contributed by atoms with van der Waals surface area (Å²) in [6, 6.07) is 6.71. The van der Waals surface area contributed by atoms with E-state index in [1.807, 2.05) is 29.2 Å². The lowest BCUT2D eigenvalue weighted by Gasteiger charge is -2.36. The molecule has 0 aliphatic carbocycles. The number of carboxylic acids is 1. The number of nitrogens with one attached hydrogen (secondary N) is 1. The number of rotatable bonds is 3. The van der Waals surface area contributed by atoms with Gasteiger partial charge in [-0.15, -0.1) is 0 Å². The molecule has 1 aromatic carbocycles. The molecule has 6 nitrogen and oxygen atoms in total. The number of benzene rings is 1. The number of amides is 2. The number of piperazine rings is 1. The van der Waals surface area contributed by atoms with Crippen LogP contribution in [0.2, 0.25) is 0 Å². The van der Waals surface area contributed by atoms with E-state index in [1.165, 1.54) is 0 Å². The Kier molecular flexibility index (Phi) is 5.19. The maximum Gasteiger partial charge on any atom is 0.321 e. The maximum atomic E-state index is 12.1. The molecule has 1 fully saturated rings. The van der Waals surface area contributed by atoms with Gasteiger partial charge < -0.3 is 15.3 Å². The Labute approximate surface area is 131 Å². The van der Waals surface area contributed by atoms with Crippen LogP contribution in [0.5, 0.6) is 0 Å². The van der Waals surface area contributed by atoms with E-state index in [2.05, 4.69) is 21.2 Å². The third-order valence-electron chi connectivity index (χ3n) is 3.60. The number of halogens is 1. The zero-order valence-electron chi connectivity index (χ0n) is 11.8. The molecular formula is C14H18BrN3O3. The van der Waals surface area contributed by atoms with Crippen molar-refractivity contribution < 1.29 is 14.7 Å². The van der Waals surface area contributed by atoms with Crippen LogP contribution < -0.4 is 5.32 Å². The van der Waals surface area contributed by atoms with Crippen LogP contribution in [0.3, 0.4) is 0 Å². The van der Waals surface area contributed by atoms with Crippen LogP contribution in [-0.4, -0.2) is 59.1 Å². The average Bonchev–Trinajstić information content (AvgIpc) is 2.49. The SMILES string of the molecule is CC(C(=O)O)N1CCN(C(=O)Nc2ccc(Br)cc2)CC1. The van der Waals surface area contributed by atoms with E-state index < -0.39 is 12.0 Å². The molecule has 7 heteroatoms. The van der Waals surface area contributed by atoms with Crippen LogP contribution in [0.1, 0.15) is 6.92 Å². The van der Waals surface area contributed by atoms with Crippen molar-refractivity contribution >= 4 is 33.6 Å². The number of anilines is 1. The fourth-order valence-corrected chi connectivity index (χ4v) is 2.47. The molecule has 1 aliphatic heterocycles. The first-order chi connectivity index (χ1) is 9.97. The average molecular weight is 356 g/mol. The van der Waals surface area contributed by atoms with Crippen LogP contribution in [0.15, 0.2) is 28.7 Å². The standard InChI is InChI=1S/C14H18BrN3O3/c1-10(13(19)20)17-6-8-18(9-7-17)14(21)16-12-4-2-11(15)3-5-12/h2-5,10H,6-9H2,1H3,(H,16,21)(H,19,20). The van der Waals surface area contributed by atoms with Crippen LogP contribution in [0, 0.1) is 0 Å². The molecule has 21 heavy (non-hydrogen) atoms. The van der Waals surface area contributed by atoms with Crippen molar-refractivity contribution in [2.24, 2.45) is 0 Å². The molecule has 1 heterocycles. The summed E-state index contributed by atoms with van der Waals surface area (Å²) in [4.78, 5) is 26.6. The first-order valence-corrected chi connectivity index (χ1v) is 7.55. The highest BCUT2D eigenvalue weighted by Gasteiger charge is 2.27. The van der Waals surface area contributed by atoms with Gasteiger partial charge in [-0.1, -0.05) is 15.9 Å². The second-order valence-electron chi connectivity index (χ2n) is 4.97. The first kappa shape index (κ1) is 15.8. The largest absolute Gasteiger partial charge is 0.480 e. The summed E-state index contributed by atoms with van der Waals surface area (Å²) in [5.41, 5.74) is 0.740. The van der Waals surface area contributed by atoms with E-state index in [9.17, 15) is 9.59 Å². The monoisotopic (exact) mass is 355 g/mol. The van der Waals surface area contributed by atoms with Crippen molar-refractivity contribution in [3.8, 4) is 0 Å². The van der Waals surface area contributed by atoms with Gasteiger partial charge in [-0.3, -0.25) is 9.69 Å². The fourth-order valence-electron chi connectivity index (χ4n) is 2.20. The Morgan fingerprint density at radius 3 is 2.29 bits per heavy atom. The van der Waals surface area contributed by atoms with Crippen LogP contribution in [-0.2, 0) is 4.79 Å². The zero-order valence-corrected chi connectivity index (χ0v) is 13.3. The first-order valence-electron chi connectivity index (χ1n) is 6.75. The van der Waals surface area contributed by atoms with Gasteiger partial charge >= 0.3 is 12.0 Å². The van der Waals surface area contributed by atoms with Gasteiger partial charge in [-0.05, 0) is 31.2 Å². The third-order valence-corrected chi connectivity index (χ3v) is 4.13. The number of carbonyl (C=O) groups excluding carboxylic acids is 1. The molecule has 2 rings (SSSR count). The molecular weight excluding hydrogens is 338 g/mol. The minimum absolute atomic E-state index is 0.153. The molecule has 114 valence electrons. The molecule has 1 aliphatic rings. The van der Waals surface area contributed by atoms with Gasteiger partial charge in [-0.2, -0.15) is 0 Å². The van der Waals surface area contributed by atoms with E-state index >= 15 is 0 Å². The fraction of sp³-hybridized carbons (Fsp3) is 0.429. The minimum Gasteiger partial charge on any atom is -0.480 e. The number of aliphatic carboxylic acids is 1. The van der Waals surface area contributed by atoms with Crippen molar-refractivity contribution in [2.75, 3.05) is 31.5 Å². The number of hydrogen-bond acceptors (Lipinski definition) is 3. The van der Waals surface area contributed by atoms with Gasteiger partial charge in [0.2, 0.25) is 0 Å². The maximum absolute atomic E-state index is 12.1. The van der Waals surface area contributed by atoms with Crippen molar-refractivity contribution in [1.29, 1.82) is 0 Å². The highest BCUT2D eigenvalue weighted by molar-refractivity contribution is 9.10. The topological polar surface area (TPSA) is 72.9 Å².